The maximum atomic E-state index is 12.3. The van der Waals surface area contributed by atoms with Crippen LogP contribution in [0.1, 0.15) is 11.1 Å². The number of nitrogens with zero attached hydrogens (tertiary/aromatic N) is 2. The molecule has 6 heteroatoms. The topological polar surface area (TPSA) is 64.4 Å². The maximum absolute atomic E-state index is 12.3. The van der Waals surface area contributed by atoms with Crippen molar-refractivity contribution < 1.29 is 9.84 Å². The van der Waals surface area contributed by atoms with Gasteiger partial charge in [-0.3, -0.25) is 9.36 Å². The van der Waals surface area contributed by atoms with Gasteiger partial charge in [-0.05, 0) is 49.7 Å². The van der Waals surface area contributed by atoms with Crippen LogP contribution in [-0.4, -0.2) is 27.9 Å². The Balaban J connectivity index is 1.90. The van der Waals surface area contributed by atoms with E-state index in [0.717, 1.165) is 26.7 Å². The normalized spacial score (nSPS) is 10.8. The van der Waals surface area contributed by atoms with E-state index in [9.17, 15) is 4.79 Å². The average Bonchev–Trinajstić information content (AvgIpc) is 3.06. The summed E-state index contributed by atoms with van der Waals surface area (Å²) in [5.41, 5.74) is 2.69. The highest BCUT2D eigenvalue weighted by Crippen LogP contribution is 2.28. The first kappa shape index (κ1) is 16.4. The highest BCUT2D eigenvalue weighted by molar-refractivity contribution is 7.17. The van der Waals surface area contributed by atoms with Crippen molar-refractivity contribution in [3.8, 4) is 21.3 Å². The van der Waals surface area contributed by atoms with Crippen LogP contribution in [0, 0.1) is 13.8 Å². The van der Waals surface area contributed by atoms with Crippen molar-refractivity contribution in [2.45, 2.75) is 13.8 Å². The van der Waals surface area contributed by atoms with Crippen LogP contribution in [0.3, 0.4) is 0 Å². The van der Waals surface area contributed by atoms with Crippen molar-refractivity contribution >= 4 is 11.3 Å². The van der Waals surface area contributed by atoms with Gasteiger partial charge in [0.05, 0.1) is 12.8 Å². The molecule has 1 aromatic carbocycles. The smallest absolute Gasteiger partial charge is 0.258 e. The van der Waals surface area contributed by atoms with E-state index >= 15 is 0 Å². The van der Waals surface area contributed by atoms with Crippen molar-refractivity contribution in [3.05, 3.63) is 64.2 Å². The zero-order valence-electron chi connectivity index (χ0n) is 13.5. The number of benzene rings is 1. The number of aliphatic hydroxyl groups is 1. The summed E-state index contributed by atoms with van der Waals surface area (Å²) in [6, 6.07) is 9.40. The van der Waals surface area contributed by atoms with Crippen LogP contribution in [0.4, 0.5) is 0 Å². The van der Waals surface area contributed by atoms with Crippen LogP contribution in [0.5, 0.6) is 5.75 Å². The van der Waals surface area contributed by atoms with Crippen molar-refractivity contribution in [1.29, 1.82) is 0 Å². The summed E-state index contributed by atoms with van der Waals surface area (Å²) in [5, 5.41) is 10.4. The molecule has 0 radical (unpaired) electrons. The summed E-state index contributed by atoms with van der Waals surface area (Å²) in [6.45, 7) is 4.05. The molecule has 2 aromatic heterocycles. The minimum absolute atomic E-state index is 0.0117. The molecule has 3 aromatic rings. The maximum Gasteiger partial charge on any atom is 0.258 e. The van der Waals surface area contributed by atoms with Crippen molar-refractivity contribution in [2.75, 3.05) is 13.2 Å². The number of thiazole rings is 1. The van der Waals surface area contributed by atoms with Gasteiger partial charge >= 0.3 is 0 Å². The lowest BCUT2D eigenvalue weighted by atomic mass is 10.2. The SMILES string of the molecule is Cc1cc(C)c(=O)n(-c2cnc(-c3ccc(OCCO)cc3)s2)c1. The van der Waals surface area contributed by atoms with Crippen LogP contribution in [-0.2, 0) is 0 Å². The van der Waals surface area contributed by atoms with E-state index in [4.69, 9.17) is 9.84 Å². The number of hydrogen-bond acceptors (Lipinski definition) is 5. The number of aryl methyl sites for hydroxylation is 2. The predicted octanol–water partition coefficient (Wildman–Crippen LogP) is 2.95. The molecule has 24 heavy (non-hydrogen) atoms. The summed E-state index contributed by atoms with van der Waals surface area (Å²) < 4.78 is 6.99. The van der Waals surface area contributed by atoms with E-state index in [1.165, 1.54) is 11.3 Å². The molecule has 0 bridgehead atoms. The fourth-order valence-corrected chi connectivity index (χ4v) is 3.32. The van der Waals surface area contributed by atoms with E-state index in [0.29, 0.717) is 5.75 Å². The van der Waals surface area contributed by atoms with Gasteiger partial charge < -0.3 is 9.84 Å². The fraction of sp³-hybridized carbons (Fsp3) is 0.222. The zero-order valence-corrected chi connectivity index (χ0v) is 14.3. The molecule has 1 N–H and O–H groups in total. The van der Waals surface area contributed by atoms with E-state index in [2.05, 4.69) is 4.98 Å². The third-order valence-electron chi connectivity index (χ3n) is 3.53. The van der Waals surface area contributed by atoms with Gasteiger partial charge in [-0.2, -0.15) is 0 Å². The summed E-state index contributed by atoms with van der Waals surface area (Å²) >= 11 is 1.47. The molecule has 3 rings (SSSR count). The third-order valence-corrected chi connectivity index (χ3v) is 4.57. The van der Waals surface area contributed by atoms with E-state index in [-0.39, 0.29) is 18.8 Å². The zero-order chi connectivity index (χ0) is 17.1. The average molecular weight is 342 g/mol. The fourth-order valence-electron chi connectivity index (χ4n) is 2.42. The molecule has 124 valence electrons. The lowest BCUT2D eigenvalue weighted by Crippen LogP contribution is -2.19. The van der Waals surface area contributed by atoms with Gasteiger partial charge in [0, 0.05) is 17.3 Å². The molecule has 0 spiro atoms. The molecular weight excluding hydrogens is 324 g/mol. The van der Waals surface area contributed by atoms with Crippen LogP contribution in [0.2, 0.25) is 0 Å². The Morgan fingerprint density at radius 1 is 1.25 bits per heavy atom. The first-order valence-corrected chi connectivity index (χ1v) is 8.40. The molecule has 0 aliphatic heterocycles. The Kier molecular flexibility index (Phi) is 4.78. The first-order valence-electron chi connectivity index (χ1n) is 7.58. The molecule has 0 amide bonds. The van der Waals surface area contributed by atoms with Gasteiger partial charge in [-0.1, -0.05) is 11.3 Å². The second-order valence-corrected chi connectivity index (χ2v) is 6.48. The molecule has 0 unspecified atom stereocenters. The third kappa shape index (κ3) is 3.39. The minimum Gasteiger partial charge on any atom is -0.491 e. The summed E-state index contributed by atoms with van der Waals surface area (Å²) in [6.07, 6.45) is 3.55. The van der Waals surface area contributed by atoms with Crippen LogP contribution in [0.25, 0.3) is 15.6 Å². The quantitative estimate of drug-likeness (QED) is 0.774. The molecule has 0 saturated carbocycles. The number of aliphatic hydroxyl groups excluding tert-OH is 1. The number of ether oxygens (including phenoxy) is 1. The summed E-state index contributed by atoms with van der Waals surface area (Å²) in [5.74, 6) is 0.704. The Hall–Kier alpha value is -2.44. The van der Waals surface area contributed by atoms with E-state index in [1.807, 2.05) is 50.4 Å². The first-order chi connectivity index (χ1) is 11.6. The molecule has 0 fully saturated rings. The molecule has 0 aliphatic carbocycles. The van der Waals surface area contributed by atoms with Crippen LogP contribution >= 0.6 is 11.3 Å². The highest BCUT2D eigenvalue weighted by Gasteiger charge is 2.09. The van der Waals surface area contributed by atoms with Gasteiger partial charge in [0.1, 0.15) is 22.4 Å². The molecule has 2 heterocycles. The van der Waals surface area contributed by atoms with Crippen LogP contribution < -0.4 is 10.3 Å². The molecule has 0 saturated heterocycles. The van der Waals surface area contributed by atoms with E-state index in [1.54, 1.807) is 10.8 Å². The van der Waals surface area contributed by atoms with Crippen LogP contribution in [0.15, 0.2) is 47.5 Å². The predicted molar refractivity (Wildman–Crippen MR) is 95.2 cm³/mol. The Morgan fingerprint density at radius 3 is 2.71 bits per heavy atom. The lowest BCUT2D eigenvalue weighted by Gasteiger charge is -2.05. The van der Waals surface area contributed by atoms with Gasteiger partial charge in [-0.15, -0.1) is 0 Å². The van der Waals surface area contributed by atoms with Gasteiger partial charge in [0.25, 0.3) is 5.56 Å². The lowest BCUT2D eigenvalue weighted by molar-refractivity contribution is 0.201. The minimum atomic E-state index is -0.0245. The number of hydrogen-bond donors (Lipinski definition) is 1. The Bertz CT molecular complexity index is 897. The largest absolute Gasteiger partial charge is 0.491 e. The molecule has 0 atom stereocenters. The van der Waals surface area contributed by atoms with E-state index < -0.39 is 0 Å². The second kappa shape index (κ2) is 6.98. The second-order valence-electron chi connectivity index (χ2n) is 5.48. The van der Waals surface area contributed by atoms with Crippen molar-refractivity contribution in [3.63, 3.8) is 0 Å². The number of aromatic nitrogens is 2. The van der Waals surface area contributed by atoms with Gasteiger partial charge in [-0.25, -0.2) is 4.98 Å². The van der Waals surface area contributed by atoms with Gasteiger partial charge in [0.2, 0.25) is 0 Å². The summed E-state index contributed by atoms with van der Waals surface area (Å²) in [7, 11) is 0. The molecular formula is C18H18N2O3S. The molecule has 5 nitrogen and oxygen atoms in total. The monoisotopic (exact) mass is 342 g/mol. The highest BCUT2D eigenvalue weighted by atomic mass is 32.1. The number of rotatable bonds is 5. The number of pyridine rings is 1. The Labute approximate surface area is 143 Å². The Morgan fingerprint density at radius 2 is 2.00 bits per heavy atom. The van der Waals surface area contributed by atoms with Crippen molar-refractivity contribution in [1.82, 2.24) is 9.55 Å². The standard InChI is InChI=1S/C18H18N2O3S/c1-12-9-13(2)18(22)20(11-12)16-10-19-17(24-16)14-3-5-15(6-4-14)23-8-7-21/h3-6,9-11,21H,7-8H2,1-2H3. The molecule has 0 aliphatic rings. The van der Waals surface area contributed by atoms with Gasteiger partial charge in [0.15, 0.2) is 0 Å². The van der Waals surface area contributed by atoms with Crippen molar-refractivity contribution in [2.24, 2.45) is 0 Å². The summed E-state index contributed by atoms with van der Waals surface area (Å²) in [4.78, 5) is 16.8.